The maximum absolute atomic E-state index is 3.65. The molecule has 1 aliphatic heterocycles. The van der Waals surface area contributed by atoms with Crippen LogP contribution in [0.15, 0.2) is 30.3 Å². The lowest BCUT2D eigenvalue weighted by atomic mass is 9.81. The Morgan fingerprint density at radius 1 is 1.24 bits per heavy atom. The summed E-state index contributed by atoms with van der Waals surface area (Å²) in [6.07, 6.45) is 2.54. The highest BCUT2D eigenvalue weighted by Crippen LogP contribution is 2.30. The third kappa shape index (κ3) is 4.31. The lowest BCUT2D eigenvalue weighted by Gasteiger charge is -2.36. The smallest absolute Gasteiger partial charge is 0.0177 e. The Labute approximate surface area is 130 Å². The number of hydrogen-bond acceptors (Lipinski definition) is 2. The highest BCUT2D eigenvalue weighted by molar-refractivity contribution is 5.26. The van der Waals surface area contributed by atoms with Crippen molar-refractivity contribution in [3.8, 4) is 0 Å². The molecule has 1 aromatic rings. The predicted octanol–water partition coefficient (Wildman–Crippen LogP) is 3.67. The highest BCUT2D eigenvalue weighted by Gasteiger charge is 2.34. The van der Waals surface area contributed by atoms with E-state index in [2.05, 4.69) is 68.2 Å². The largest absolute Gasteiger partial charge is 0.316 e. The zero-order chi connectivity index (χ0) is 15.3. The summed E-state index contributed by atoms with van der Waals surface area (Å²) in [5, 5.41) is 3.65. The van der Waals surface area contributed by atoms with Crippen LogP contribution in [0.4, 0.5) is 0 Å². The Hall–Kier alpha value is -0.860. The second-order valence-electron chi connectivity index (χ2n) is 7.22. The summed E-state index contributed by atoms with van der Waals surface area (Å²) in [4.78, 5) is 2.69. The van der Waals surface area contributed by atoms with Gasteiger partial charge in [0.2, 0.25) is 0 Å². The van der Waals surface area contributed by atoms with Crippen LogP contribution in [0.25, 0.3) is 0 Å². The van der Waals surface area contributed by atoms with Crippen LogP contribution in [-0.2, 0) is 5.41 Å². The summed E-state index contributed by atoms with van der Waals surface area (Å²) in [7, 11) is 0. The molecule has 2 rings (SSSR count). The maximum atomic E-state index is 3.65. The molecule has 2 heteroatoms. The van der Waals surface area contributed by atoms with E-state index < -0.39 is 0 Å². The molecule has 0 saturated carbocycles. The van der Waals surface area contributed by atoms with E-state index in [1.165, 1.54) is 24.9 Å². The van der Waals surface area contributed by atoms with E-state index in [1.807, 2.05) is 0 Å². The number of nitrogens with one attached hydrogen (secondary N) is 1. The van der Waals surface area contributed by atoms with Crippen molar-refractivity contribution in [1.82, 2.24) is 10.2 Å². The van der Waals surface area contributed by atoms with Crippen molar-refractivity contribution in [2.75, 3.05) is 26.2 Å². The van der Waals surface area contributed by atoms with Gasteiger partial charge in [0, 0.05) is 31.1 Å². The maximum Gasteiger partial charge on any atom is 0.0177 e. The van der Waals surface area contributed by atoms with Crippen LogP contribution in [0, 0.1) is 5.92 Å². The topological polar surface area (TPSA) is 15.3 Å². The van der Waals surface area contributed by atoms with Crippen LogP contribution in [0.2, 0.25) is 0 Å². The third-order valence-corrected chi connectivity index (χ3v) is 4.88. The standard InChI is InChI=1S/C19H32N2/c1-5-11-20-14-19(4,18-9-7-6-8-10-18)15-21-13-16(2)12-17(21)3/h6-10,16-17,20H,5,11-15H2,1-4H3. The van der Waals surface area contributed by atoms with Gasteiger partial charge < -0.3 is 5.32 Å². The number of hydrogen-bond donors (Lipinski definition) is 1. The van der Waals surface area contributed by atoms with E-state index in [1.54, 1.807) is 0 Å². The molecule has 0 aliphatic carbocycles. The first-order chi connectivity index (χ1) is 10.0. The fourth-order valence-electron chi connectivity index (χ4n) is 3.69. The first-order valence-electron chi connectivity index (χ1n) is 8.55. The Bertz CT molecular complexity index is 417. The number of nitrogens with zero attached hydrogens (tertiary/aromatic N) is 1. The molecule has 3 unspecified atom stereocenters. The minimum absolute atomic E-state index is 0.189. The van der Waals surface area contributed by atoms with E-state index in [0.717, 1.165) is 25.6 Å². The van der Waals surface area contributed by atoms with Gasteiger partial charge in [-0.05, 0) is 37.8 Å². The molecule has 0 bridgehead atoms. The number of benzene rings is 1. The van der Waals surface area contributed by atoms with Crippen molar-refractivity contribution in [3.05, 3.63) is 35.9 Å². The van der Waals surface area contributed by atoms with E-state index in [0.29, 0.717) is 6.04 Å². The van der Waals surface area contributed by atoms with E-state index >= 15 is 0 Å². The summed E-state index contributed by atoms with van der Waals surface area (Å²) in [5.41, 5.74) is 1.65. The van der Waals surface area contributed by atoms with Gasteiger partial charge in [0.25, 0.3) is 0 Å². The predicted molar refractivity (Wildman–Crippen MR) is 91.8 cm³/mol. The molecule has 0 amide bonds. The molecule has 3 atom stereocenters. The Kier molecular flexibility index (Phi) is 5.83. The quantitative estimate of drug-likeness (QED) is 0.770. The summed E-state index contributed by atoms with van der Waals surface area (Å²) in [5.74, 6) is 0.837. The molecule has 1 aromatic carbocycles. The molecule has 21 heavy (non-hydrogen) atoms. The highest BCUT2D eigenvalue weighted by atomic mass is 15.2. The molecule has 2 nitrogen and oxygen atoms in total. The Morgan fingerprint density at radius 3 is 2.52 bits per heavy atom. The van der Waals surface area contributed by atoms with Gasteiger partial charge in [0.15, 0.2) is 0 Å². The van der Waals surface area contributed by atoms with Crippen LogP contribution >= 0.6 is 0 Å². The summed E-state index contributed by atoms with van der Waals surface area (Å²) >= 11 is 0. The first-order valence-corrected chi connectivity index (χ1v) is 8.55. The van der Waals surface area contributed by atoms with Crippen molar-refractivity contribution in [1.29, 1.82) is 0 Å². The lowest BCUT2D eigenvalue weighted by Crippen LogP contribution is -2.46. The SMILES string of the molecule is CCCNCC(C)(CN1CC(C)CC1C)c1ccccc1. The van der Waals surface area contributed by atoms with Crippen molar-refractivity contribution in [2.24, 2.45) is 5.92 Å². The number of rotatable bonds is 7. The fourth-order valence-corrected chi connectivity index (χ4v) is 3.69. The normalized spacial score (nSPS) is 25.9. The van der Waals surface area contributed by atoms with Crippen LogP contribution in [0.3, 0.4) is 0 Å². The average Bonchev–Trinajstić information content (AvgIpc) is 2.78. The van der Waals surface area contributed by atoms with Crippen molar-refractivity contribution in [3.63, 3.8) is 0 Å². The average molecular weight is 288 g/mol. The first kappa shape index (κ1) is 16.5. The molecule has 0 aromatic heterocycles. The van der Waals surface area contributed by atoms with Gasteiger partial charge in [-0.25, -0.2) is 0 Å². The minimum atomic E-state index is 0.189. The molecule has 1 saturated heterocycles. The molecule has 0 radical (unpaired) electrons. The monoisotopic (exact) mass is 288 g/mol. The Balaban J connectivity index is 2.12. The molecule has 118 valence electrons. The summed E-state index contributed by atoms with van der Waals surface area (Å²) in [6, 6.07) is 11.8. The van der Waals surface area contributed by atoms with E-state index in [-0.39, 0.29) is 5.41 Å². The molecule has 1 N–H and O–H groups in total. The van der Waals surface area contributed by atoms with Crippen molar-refractivity contribution < 1.29 is 0 Å². The van der Waals surface area contributed by atoms with Gasteiger partial charge in [0.05, 0.1) is 0 Å². The molecular weight excluding hydrogens is 256 g/mol. The van der Waals surface area contributed by atoms with Gasteiger partial charge in [-0.1, -0.05) is 51.1 Å². The fraction of sp³-hybridized carbons (Fsp3) is 0.684. The zero-order valence-electron chi connectivity index (χ0n) is 14.2. The van der Waals surface area contributed by atoms with Gasteiger partial charge in [-0.15, -0.1) is 0 Å². The van der Waals surface area contributed by atoms with E-state index in [9.17, 15) is 0 Å². The number of likely N-dealkylation sites (tertiary alicyclic amines) is 1. The van der Waals surface area contributed by atoms with Crippen LogP contribution in [0.5, 0.6) is 0 Å². The minimum Gasteiger partial charge on any atom is -0.316 e. The van der Waals surface area contributed by atoms with Gasteiger partial charge in [-0.2, -0.15) is 0 Å². The summed E-state index contributed by atoms with van der Waals surface area (Å²) < 4.78 is 0. The molecule has 1 fully saturated rings. The van der Waals surface area contributed by atoms with Crippen molar-refractivity contribution in [2.45, 2.75) is 52.0 Å². The Morgan fingerprint density at radius 2 is 1.95 bits per heavy atom. The second-order valence-corrected chi connectivity index (χ2v) is 7.22. The van der Waals surface area contributed by atoms with Crippen LogP contribution < -0.4 is 5.32 Å². The van der Waals surface area contributed by atoms with Gasteiger partial charge in [0.1, 0.15) is 0 Å². The second kappa shape index (κ2) is 7.42. The zero-order valence-corrected chi connectivity index (χ0v) is 14.2. The van der Waals surface area contributed by atoms with Crippen LogP contribution in [0.1, 0.15) is 46.1 Å². The molecule has 1 aliphatic rings. The third-order valence-electron chi connectivity index (χ3n) is 4.88. The van der Waals surface area contributed by atoms with Crippen LogP contribution in [-0.4, -0.2) is 37.1 Å². The lowest BCUT2D eigenvalue weighted by molar-refractivity contribution is 0.203. The van der Waals surface area contributed by atoms with Gasteiger partial charge in [-0.3, -0.25) is 4.90 Å². The molecular formula is C19H32N2. The molecule has 0 spiro atoms. The molecule has 1 heterocycles. The van der Waals surface area contributed by atoms with Gasteiger partial charge >= 0.3 is 0 Å². The summed E-state index contributed by atoms with van der Waals surface area (Å²) in [6.45, 7) is 14.0. The van der Waals surface area contributed by atoms with E-state index in [4.69, 9.17) is 0 Å². The van der Waals surface area contributed by atoms with Crippen molar-refractivity contribution >= 4 is 0 Å².